The number of ether oxygens (including phenoxy) is 1. The quantitative estimate of drug-likeness (QED) is 0.763. The molecule has 1 aliphatic heterocycles. The second-order valence-corrected chi connectivity index (χ2v) is 7.11. The van der Waals surface area contributed by atoms with Crippen LogP contribution in [0.15, 0.2) is 23.6 Å². The maximum absolute atomic E-state index is 12.6. The van der Waals surface area contributed by atoms with Crippen molar-refractivity contribution in [3.05, 3.63) is 45.4 Å². The molecule has 0 aromatic carbocycles. The number of morpholine rings is 1. The summed E-state index contributed by atoms with van der Waals surface area (Å²) in [6, 6.07) is 6.31. The van der Waals surface area contributed by atoms with E-state index in [0.717, 1.165) is 50.5 Å². The standard InChI is InChI=1S/C18H24N2O2S/c1-14-12-17(18(21)13-19-7-9-22-10-8-19)15(2)20(14)6-5-16-4-3-11-23-16/h3-4,11-12H,5-10,13H2,1-2H3. The Balaban J connectivity index is 1.67. The molecular formula is C18H24N2O2S. The molecule has 0 saturated carbocycles. The van der Waals surface area contributed by atoms with Gasteiger partial charge in [-0.1, -0.05) is 6.07 Å². The molecular weight excluding hydrogens is 308 g/mol. The van der Waals surface area contributed by atoms with Crippen molar-refractivity contribution in [1.82, 2.24) is 9.47 Å². The average Bonchev–Trinajstić information content (AvgIpc) is 3.15. The Morgan fingerprint density at radius 2 is 2.09 bits per heavy atom. The van der Waals surface area contributed by atoms with E-state index >= 15 is 0 Å². The molecule has 0 spiro atoms. The highest BCUT2D eigenvalue weighted by atomic mass is 32.1. The van der Waals surface area contributed by atoms with E-state index in [1.807, 2.05) is 6.07 Å². The summed E-state index contributed by atoms with van der Waals surface area (Å²) in [6.45, 7) is 8.74. The number of hydrogen-bond acceptors (Lipinski definition) is 4. The van der Waals surface area contributed by atoms with Crippen molar-refractivity contribution in [2.75, 3.05) is 32.8 Å². The minimum Gasteiger partial charge on any atom is -0.379 e. The molecule has 0 radical (unpaired) electrons. The van der Waals surface area contributed by atoms with Gasteiger partial charge >= 0.3 is 0 Å². The zero-order chi connectivity index (χ0) is 16.2. The van der Waals surface area contributed by atoms with Crippen molar-refractivity contribution >= 4 is 17.1 Å². The first-order valence-corrected chi connectivity index (χ1v) is 9.05. The van der Waals surface area contributed by atoms with E-state index in [2.05, 4.69) is 40.8 Å². The lowest BCUT2D eigenvalue weighted by Crippen LogP contribution is -2.39. The van der Waals surface area contributed by atoms with Gasteiger partial charge in [0.1, 0.15) is 0 Å². The van der Waals surface area contributed by atoms with Gasteiger partial charge in [0, 0.05) is 41.5 Å². The van der Waals surface area contributed by atoms with Gasteiger partial charge in [-0.05, 0) is 37.8 Å². The average molecular weight is 332 g/mol. The molecule has 0 N–H and O–H groups in total. The number of rotatable bonds is 6. The van der Waals surface area contributed by atoms with Crippen molar-refractivity contribution < 1.29 is 9.53 Å². The lowest BCUT2D eigenvalue weighted by atomic mass is 10.1. The van der Waals surface area contributed by atoms with E-state index < -0.39 is 0 Å². The molecule has 0 atom stereocenters. The number of Topliss-reactive ketones (excluding diaryl/α,β-unsaturated/α-hetero) is 1. The number of carbonyl (C=O) groups is 1. The number of ketones is 1. The number of nitrogens with zero attached hydrogens (tertiary/aromatic N) is 2. The largest absolute Gasteiger partial charge is 0.379 e. The normalized spacial score (nSPS) is 15.9. The smallest absolute Gasteiger partial charge is 0.178 e. The fourth-order valence-corrected chi connectivity index (χ4v) is 3.85. The Hall–Kier alpha value is -1.43. The fraction of sp³-hybridized carbons (Fsp3) is 0.500. The minimum absolute atomic E-state index is 0.224. The molecule has 2 aromatic rings. The number of carbonyl (C=O) groups excluding carboxylic acids is 1. The molecule has 0 unspecified atom stereocenters. The predicted octanol–water partition coefficient (Wildman–Crippen LogP) is 2.92. The molecule has 0 aliphatic carbocycles. The van der Waals surface area contributed by atoms with Gasteiger partial charge in [-0.15, -0.1) is 11.3 Å². The van der Waals surface area contributed by atoms with Crippen LogP contribution in [0, 0.1) is 13.8 Å². The second kappa shape index (κ2) is 7.43. The first kappa shape index (κ1) is 16.4. The van der Waals surface area contributed by atoms with Crippen LogP contribution >= 0.6 is 11.3 Å². The van der Waals surface area contributed by atoms with Crippen LogP contribution in [0.5, 0.6) is 0 Å². The third kappa shape index (κ3) is 3.91. The first-order valence-electron chi connectivity index (χ1n) is 8.17. The maximum Gasteiger partial charge on any atom is 0.178 e. The highest BCUT2D eigenvalue weighted by Gasteiger charge is 2.19. The molecule has 4 nitrogen and oxygen atoms in total. The summed E-state index contributed by atoms with van der Waals surface area (Å²) in [7, 11) is 0. The summed E-state index contributed by atoms with van der Waals surface area (Å²) in [4.78, 5) is 16.2. The number of thiophene rings is 1. The number of aryl methyl sites for hydroxylation is 2. The van der Waals surface area contributed by atoms with Gasteiger partial charge in [0.15, 0.2) is 5.78 Å². The third-order valence-corrected chi connectivity index (χ3v) is 5.44. The lowest BCUT2D eigenvalue weighted by molar-refractivity contribution is 0.0371. The predicted molar refractivity (Wildman–Crippen MR) is 93.5 cm³/mol. The number of hydrogen-bond donors (Lipinski definition) is 0. The summed E-state index contributed by atoms with van der Waals surface area (Å²) in [6.07, 6.45) is 1.02. The topological polar surface area (TPSA) is 34.5 Å². The Bertz CT molecular complexity index is 655. The Morgan fingerprint density at radius 1 is 1.30 bits per heavy atom. The van der Waals surface area contributed by atoms with Crippen molar-refractivity contribution in [2.45, 2.75) is 26.8 Å². The van der Waals surface area contributed by atoms with E-state index in [0.29, 0.717) is 6.54 Å². The molecule has 3 heterocycles. The van der Waals surface area contributed by atoms with Gasteiger partial charge in [-0.25, -0.2) is 0 Å². The van der Waals surface area contributed by atoms with E-state index in [1.54, 1.807) is 11.3 Å². The van der Waals surface area contributed by atoms with Gasteiger partial charge in [0.2, 0.25) is 0 Å². The third-order valence-electron chi connectivity index (χ3n) is 4.51. The van der Waals surface area contributed by atoms with Crippen LogP contribution in [0.25, 0.3) is 0 Å². The van der Waals surface area contributed by atoms with Gasteiger partial charge in [-0.2, -0.15) is 0 Å². The molecule has 1 aliphatic rings. The van der Waals surface area contributed by atoms with Crippen LogP contribution < -0.4 is 0 Å². The molecule has 3 rings (SSSR count). The fourth-order valence-electron chi connectivity index (χ4n) is 3.15. The monoisotopic (exact) mass is 332 g/mol. The Kier molecular flexibility index (Phi) is 5.30. The number of aromatic nitrogens is 1. The van der Waals surface area contributed by atoms with Crippen molar-refractivity contribution in [2.24, 2.45) is 0 Å². The van der Waals surface area contributed by atoms with E-state index in [-0.39, 0.29) is 5.78 Å². The SMILES string of the molecule is Cc1cc(C(=O)CN2CCOCC2)c(C)n1CCc1cccs1. The minimum atomic E-state index is 0.224. The zero-order valence-corrected chi connectivity index (χ0v) is 14.7. The van der Waals surface area contributed by atoms with Gasteiger partial charge in [-0.3, -0.25) is 9.69 Å². The lowest BCUT2D eigenvalue weighted by Gasteiger charge is -2.25. The molecule has 0 bridgehead atoms. The molecule has 0 amide bonds. The summed E-state index contributed by atoms with van der Waals surface area (Å²) in [5.41, 5.74) is 3.14. The molecule has 1 saturated heterocycles. The molecule has 124 valence electrons. The Morgan fingerprint density at radius 3 is 2.78 bits per heavy atom. The van der Waals surface area contributed by atoms with E-state index in [4.69, 9.17) is 4.74 Å². The highest BCUT2D eigenvalue weighted by Crippen LogP contribution is 2.18. The van der Waals surface area contributed by atoms with E-state index in [9.17, 15) is 4.79 Å². The Labute approximate surface area is 141 Å². The summed E-state index contributed by atoms with van der Waals surface area (Å²) in [5.74, 6) is 0.224. The van der Waals surface area contributed by atoms with E-state index in [1.165, 1.54) is 10.6 Å². The van der Waals surface area contributed by atoms with Crippen molar-refractivity contribution in [1.29, 1.82) is 0 Å². The van der Waals surface area contributed by atoms with Crippen molar-refractivity contribution in [3.63, 3.8) is 0 Å². The van der Waals surface area contributed by atoms with Gasteiger partial charge in [0.05, 0.1) is 19.8 Å². The first-order chi connectivity index (χ1) is 11.1. The van der Waals surface area contributed by atoms with Crippen LogP contribution in [0.1, 0.15) is 26.6 Å². The zero-order valence-electron chi connectivity index (χ0n) is 13.9. The second-order valence-electron chi connectivity index (χ2n) is 6.08. The van der Waals surface area contributed by atoms with Crippen LogP contribution in [-0.4, -0.2) is 48.1 Å². The van der Waals surface area contributed by atoms with Crippen LogP contribution in [-0.2, 0) is 17.7 Å². The van der Waals surface area contributed by atoms with Gasteiger partial charge < -0.3 is 9.30 Å². The molecule has 5 heteroatoms. The summed E-state index contributed by atoms with van der Waals surface area (Å²) in [5, 5.41) is 2.11. The van der Waals surface area contributed by atoms with Gasteiger partial charge in [0.25, 0.3) is 0 Å². The molecule has 23 heavy (non-hydrogen) atoms. The van der Waals surface area contributed by atoms with Crippen LogP contribution in [0.2, 0.25) is 0 Å². The molecule has 1 fully saturated rings. The van der Waals surface area contributed by atoms with Crippen molar-refractivity contribution in [3.8, 4) is 0 Å². The van der Waals surface area contributed by atoms with Crippen LogP contribution in [0.3, 0.4) is 0 Å². The summed E-state index contributed by atoms with van der Waals surface area (Å²) >= 11 is 1.79. The maximum atomic E-state index is 12.6. The highest BCUT2D eigenvalue weighted by molar-refractivity contribution is 7.09. The molecule has 2 aromatic heterocycles. The van der Waals surface area contributed by atoms with Crippen LogP contribution in [0.4, 0.5) is 0 Å². The summed E-state index contributed by atoms with van der Waals surface area (Å²) < 4.78 is 7.62.